The molecule has 0 bridgehead atoms. The summed E-state index contributed by atoms with van der Waals surface area (Å²) in [6.45, 7) is 3.25. The molecule has 0 rings (SSSR count). The summed E-state index contributed by atoms with van der Waals surface area (Å²) in [6.07, 6.45) is 20.3. The molecule has 0 amide bonds. The molecular formula is C20H40NO2. The van der Waals surface area contributed by atoms with Crippen molar-refractivity contribution in [3.05, 3.63) is 0 Å². The molecule has 0 unspecified atom stereocenters. The van der Waals surface area contributed by atoms with E-state index in [2.05, 4.69) is 23.7 Å². The van der Waals surface area contributed by atoms with E-state index in [0.717, 1.165) is 6.42 Å². The van der Waals surface area contributed by atoms with Crippen LogP contribution in [0, 0.1) is 0 Å². The van der Waals surface area contributed by atoms with Crippen molar-refractivity contribution in [2.45, 2.75) is 96.3 Å². The average molecular weight is 327 g/mol. The van der Waals surface area contributed by atoms with Gasteiger partial charge in [0.15, 0.2) is 0 Å². The maximum Gasteiger partial charge on any atom is 0.417 e. The predicted molar refractivity (Wildman–Crippen MR) is 99.5 cm³/mol. The maximum absolute atomic E-state index is 9.84. The Balaban J connectivity index is 2.96. The fourth-order valence-electron chi connectivity index (χ4n) is 2.94. The predicted octanol–water partition coefficient (Wildman–Crippen LogP) is 5.48. The summed E-state index contributed by atoms with van der Waals surface area (Å²) in [5.41, 5.74) is 0. The largest absolute Gasteiger partial charge is 0.457 e. The van der Waals surface area contributed by atoms with Gasteiger partial charge < -0.3 is 9.64 Å². The highest BCUT2D eigenvalue weighted by molar-refractivity contribution is 5.37. The summed E-state index contributed by atoms with van der Waals surface area (Å²) in [7, 11) is 4.31. The third-order valence-electron chi connectivity index (χ3n) is 4.41. The van der Waals surface area contributed by atoms with Crippen LogP contribution in [0.25, 0.3) is 0 Å². The first kappa shape index (κ1) is 22.4. The molecule has 3 nitrogen and oxygen atoms in total. The highest BCUT2D eigenvalue weighted by atomic mass is 16.5. The number of nitrogens with zero attached hydrogens (tertiary/aromatic N) is 1. The highest BCUT2D eigenvalue weighted by Crippen LogP contribution is 2.13. The SMILES string of the molecule is CN(C)CCCCCCCCCCCCCCCCCO[C]=O. The Labute approximate surface area is 145 Å². The average Bonchev–Trinajstić information content (AvgIpc) is 2.53. The first-order valence-electron chi connectivity index (χ1n) is 9.91. The van der Waals surface area contributed by atoms with Gasteiger partial charge in [-0.3, -0.25) is 0 Å². The minimum atomic E-state index is 0.541. The molecule has 0 saturated heterocycles. The van der Waals surface area contributed by atoms with Gasteiger partial charge in [0, 0.05) is 0 Å². The van der Waals surface area contributed by atoms with E-state index < -0.39 is 0 Å². The van der Waals surface area contributed by atoms with Crippen LogP contribution in [0.1, 0.15) is 96.3 Å². The molecule has 0 aliphatic carbocycles. The second kappa shape index (κ2) is 19.5. The summed E-state index contributed by atoms with van der Waals surface area (Å²) in [6, 6.07) is 0. The molecule has 137 valence electrons. The molecule has 0 fully saturated rings. The van der Waals surface area contributed by atoms with Gasteiger partial charge in [-0.25, -0.2) is 4.79 Å². The van der Waals surface area contributed by atoms with Crippen molar-refractivity contribution in [3.8, 4) is 0 Å². The molecule has 23 heavy (non-hydrogen) atoms. The molecular weight excluding hydrogens is 286 g/mol. The molecule has 0 N–H and O–H groups in total. The fourth-order valence-corrected chi connectivity index (χ4v) is 2.94. The van der Waals surface area contributed by atoms with Crippen molar-refractivity contribution in [2.75, 3.05) is 27.2 Å². The topological polar surface area (TPSA) is 29.5 Å². The molecule has 0 spiro atoms. The van der Waals surface area contributed by atoms with E-state index in [0.29, 0.717) is 6.61 Å². The lowest BCUT2D eigenvalue weighted by atomic mass is 10.0. The van der Waals surface area contributed by atoms with Gasteiger partial charge in [0.2, 0.25) is 0 Å². The third kappa shape index (κ3) is 21.4. The number of rotatable bonds is 19. The molecule has 0 aliphatic rings. The number of hydrogen-bond acceptors (Lipinski definition) is 3. The van der Waals surface area contributed by atoms with Gasteiger partial charge in [-0.05, 0) is 33.5 Å². The molecule has 0 aromatic carbocycles. The molecule has 0 saturated carbocycles. The lowest BCUT2D eigenvalue weighted by molar-refractivity contribution is 0.268. The van der Waals surface area contributed by atoms with E-state index in [1.54, 1.807) is 0 Å². The van der Waals surface area contributed by atoms with Gasteiger partial charge in [-0.2, -0.15) is 0 Å². The van der Waals surface area contributed by atoms with Gasteiger partial charge in [0.1, 0.15) is 0 Å². The van der Waals surface area contributed by atoms with Gasteiger partial charge in [-0.15, -0.1) is 0 Å². The van der Waals surface area contributed by atoms with Crippen LogP contribution in [0.3, 0.4) is 0 Å². The molecule has 1 radical (unpaired) electrons. The minimum absolute atomic E-state index is 0.541. The Hall–Kier alpha value is -0.570. The van der Waals surface area contributed by atoms with Crippen LogP contribution in [0.2, 0.25) is 0 Å². The molecule has 0 aliphatic heterocycles. The molecule has 3 heteroatoms. The van der Waals surface area contributed by atoms with Crippen LogP contribution in [-0.2, 0) is 9.53 Å². The molecule has 0 atom stereocenters. The zero-order valence-electron chi connectivity index (χ0n) is 15.8. The number of hydrogen-bond donors (Lipinski definition) is 0. The van der Waals surface area contributed by atoms with Gasteiger partial charge >= 0.3 is 6.47 Å². The van der Waals surface area contributed by atoms with Crippen molar-refractivity contribution >= 4 is 6.47 Å². The van der Waals surface area contributed by atoms with E-state index in [9.17, 15) is 4.79 Å². The van der Waals surface area contributed by atoms with E-state index in [4.69, 9.17) is 0 Å². The van der Waals surface area contributed by atoms with Crippen LogP contribution in [-0.4, -0.2) is 38.6 Å². The van der Waals surface area contributed by atoms with E-state index >= 15 is 0 Å². The first-order valence-corrected chi connectivity index (χ1v) is 9.91. The van der Waals surface area contributed by atoms with Crippen molar-refractivity contribution in [2.24, 2.45) is 0 Å². The van der Waals surface area contributed by atoms with Crippen molar-refractivity contribution in [1.29, 1.82) is 0 Å². The lowest BCUT2D eigenvalue weighted by Crippen LogP contribution is -2.12. The Kier molecular flexibility index (Phi) is 19.0. The van der Waals surface area contributed by atoms with Crippen molar-refractivity contribution < 1.29 is 9.53 Å². The van der Waals surface area contributed by atoms with E-state index in [-0.39, 0.29) is 0 Å². The molecule has 0 aromatic rings. The summed E-state index contributed by atoms with van der Waals surface area (Å²) in [4.78, 5) is 12.1. The van der Waals surface area contributed by atoms with Crippen molar-refractivity contribution in [3.63, 3.8) is 0 Å². The first-order chi connectivity index (χ1) is 11.3. The fraction of sp³-hybridized carbons (Fsp3) is 0.950. The monoisotopic (exact) mass is 326 g/mol. The Morgan fingerprint density at radius 2 is 0.957 bits per heavy atom. The summed E-state index contributed by atoms with van der Waals surface area (Å²) in [5.74, 6) is 0. The van der Waals surface area contributed by atoms with E-state index in [1.807, 2.05) is 0 Å². The Bertz CT molecular complexity index is 232. The second-order valence-electron chi connectivity index (χ2n) is 7.04. The van der Waals surface area contributed by atoms with Crippen LogP contribution < -0.4 is 0 Å². The Morgan fingerprint density at radius 3 is 1.30 bits per heavy atom. The highest BCUT2D eigenvalue weighted by Gasteiger charge is 1.95. The quantitative estimate of drug-likeness (QED) is 0.294. The van der Waals surface area contributed by atoms with Gasteiger partial charge in [0.25, 0.3) is 0 Å². The number of unbranched alkanes of at least 4 members (excludes halogenated alkanes) is 14. The molecule has 0 heterocycles. The standard InChI is InChI=1S/C20H40NO2/c1-21(2)18-16-14-12-10-8-6-4-3-5-7-9-11-13-15-17-19-23-20-22/h3-19H2,1-2H3. The van der Waals surface area contributed by atoms with Crippen LogP contribution >= 0.6 is 0 Å². The summed E-state index contributed by atoms with van der Waals surface area (Å²) < 4.78 is 4.55. The second-order valence-corrected chi connectivity index (χ2v) is 7.04. The van der Waals surface area contributed by atoms with Crippen molar-refractivity contribution in [1.82, 2.24) is 4.90 Å². The van der Waals surface area contributed by atoms with Crippen LogP contribution in [0.15, 0.2) is 0 Å². The number of ether oxygens (including phenoxy) is 1. The smallest absolute Gasteiger partial charge is 0.417 e. The summed E-state index contributed by atoms with van der Waals surface area (Å²) >= 11 is 0. The van der Waals surface area contributed by atoms with Gasteiger partial charge in [0.05, 0.1) is 6.61 Å². The lowest BCUT2D eigenvalue weighted by Gasteiger charge is -2.08. The normalized spacial score (nSPS) is 11.1. The van der Waals surface area contributed by atoms with Crippen LogP contribution in [0.4, 0.5) is 0 Å². The molecule has 0 aromatic heterocycles. The zero-order valence-corrected chi connectivity index (χ0v) is 15.8. The van der Waals surface area contributed by atoms with Crippen LogP contribution in [0.5, 0.6) is 0 Å². The number of carbonyl (C=O) groups excluding carboxylic acids is 1. The maximum atomic E-state index is 9.84. The minimum Gasteiger partial charge on any atom is -0.457 e. The van der Waals surface area contributed by atoms with E-state index in [1.165, 1.54) is 103 Å². The van der Waals surface area contributed by atoms with Gasteiger partial charge in [-0.1, -0.05) is 83.5 Å². The third-order valence-corrected chi connectivity index (χ3v) is 4.41. The summed E-state index contributed by atoms with van der Waals surface area (Å²) in [5, 5.41) is 0. The zero-order chi connectivity index (χ0) is 17.0. The Morgan fingerprint density at radius 1 is 0.609 bits per heavy atom.